The van der Waals surface area contributed by atoms with E-state index in [1.54, 1.807) is 0 Å². The summed E-state index contributed by atoms with van der Waals surface area (Å²) in [6.45, 7) is 9.40. The lowest BCUT2D eigenvalue weighted by molar-refractivity contribution is -0.122. The molecule has 0 unspecified atom stereocenters. The SMILES string of the molecule is CC(C)C(=O)CCN1CCN(C)CC1. The molecular formula is C11H22N2O. The highest BCUT2D eigenvalue weighted by Gasteiger charge is 2.15. The summed E-state index contributed by atoms with van der Waals surface area (Å²) in [5.74, 6) is 0.589. The van der Waals surface area contributed by atoms with Gasteiger partial charge in [-0.25, -0.2) is 0 Å². The van der Waals surface area contributed by atoms with E-state index in [9.17, 15) is 4.79 Å². The van der Waals surface area contributed by atoms with E-state index in [1.165, 1.54) is 0 Å². The second-order valence-electron chi connectivity index (χ2n) is 4.52. The van der Waals surface area contributed by atoms with Crippen molar-refractivity contribution in [2.75, 3.05) is 39.8 Å². The molecule has 3 heteroatoms. The largest absolute Gasteiger partial charge is 0.304 e. The molecule has 0 N–H and O–H groups in total. The van der Waals surface area contributed by atoms with Crippen LogP contribution >= 0.6 is 0 Å². The maximum atomic E-state index is 11.4. The van der Waals surface area contributed by atoms with Gasteiger partial charge >= 0.3 is 0 Å². The topological polar surface area (TPSA) is 23.6 Å². The smallest absolute Gasteiger partial charge is 0.136 e. The minimum Gasteiger partial charge on any atom is -0.304 e. The van der Waals surface area contributed by atoms with E-state index in [0.29, 0.717) is 5.78 Å². The van der Waals surface area contributed by atoms with Gasteiger partial charge in [0.25, 0.3) is 0 Å². The molecule has 0 aromatic rings. The van der Waals surface area contributed by atoms with Gasteiger partial charge in [-0.2, -0.15) is 0 Å². The Kier molecular flexibility index (Phi) is 4.55. The minimum atomic E-state index is 0.197. The first-order valence-corrected chi connectivity index (χ1v) is 5.53. The van der Waals surface area contributed by atoms with Gasteiger partial charge in [-0.15, -0.1) is 0 Å². The Morgan fingerprint density at radius 2 is 1.79 bits per heavy atom. The summed E-state index contributed by atoms with van der Waals surface area (Å²) in [5, 5.41) is 0. The van der Waals surface area contributed by atoms with Gasteiger partial charge in [0, 0.05) is 45.1 Å². The molecule has 3 nitrogen and oxygen atoms in total. The first kappa shape index (κ1) is 11.7. The zero-order valence-electron chi connectivity index (χ0n) is 9.62. The van der Waals surface area contributed by atoms with Crippen LogP contribution in [0.4, 0.5) is 0 Å². The lowest BCUT2D eigenvalue weighted by atomic mass is 10.1. The van der Waals surface area contributed by atoms with Crippen LogP contribution in [0.25, 0.3) is 0 Å². The van der Waals surface area contributed by atoms with Crippen LogP contribution in [0.3, 0.4) is 0 Å². The molecule has 1 saturated heterocycles. The van der Waals surface area contributed by atoms with Crippen molar-refractivity contribution in [2.24, 2.45) is 5.92 Å². The summed E-state index contributed by atoms with van der Waals surface area (Å²) in [4.78, 5) is 16.1. The van der Waals surface area contributed by atoms with E-state index in [1.807, 2.05) is 13.8 Å². The van der Waals surface area contributed by atoms with Gasteiger partial charge in [-0.1, -0.05) is 13.8 Å². The molecule has 0 spiro atoms. The number of carbonyl (C=O) groups excluding carboxylic acids is 1. The summed E-state index contributed by atoms with van der Waals surface area (Å²) < 4.78 is 0. The molecule has 0 atom stereocenters. The van der Waals surface area contributed by atoms with Gasteiger partial charge in [-0.3, -0.25) is 4.79 Å². The second-order valence-corrected chi connectivity index (χ2v) is 4.52. The number of hydrogen-bond donors (Lipinski definition) is 0. The van der Waals surface area contributed by atoms with E-state index < -0.39 is 0 Å². The normalized spacial score (nSPS) is 20.3. The van der Waals surface area contributed by atoms with E-state index in [0.717, 1.165) is 39.1 Å². The fraction of sp³-hybridized carbons (Fsp3) is 0.909. The lowest BCUT2D eigenvalue weighted by Crippen LogP contribution is -2.45. The van der Waals surface area contributed by atoms with Crippen molar-refractivity contribution in [3.8, 4) is 0 Å². The second kappa shape index (κ2) is 5.47. The van der Waals surface area contributed by atoms with Crippen LogP contribution in [0.1, 0.15) is 20.3 Å². The minimum absolute atomic E-state index is 0.197. The van der Waals surface area contributed by atoms with Crippen LogP contribution in [-0.4, -0.2) is 55.4 Å². The average Bonchev–Trinajstić information content (AvgIpc) is 2.16. The fourth-order valence-electron chi connectivity index (χ4n) is 1.63. The molecule has 0 saturated carbocycles. The fourth-order valence-corrected chi connectivity index (χ4v) is 1.63. The summed E-state index contributed by atoms with van der Waals surface area (Å²) >= 11 is 0. The van der Waals surface area contributed by atoms with Gasteiger partial charge in [-0.05, 0) is 7.05 Å². The van der Waals surface area contributed by atoms with Gasteiger partial charge < -0.3 is 9.80 Å². The van der Waals surface area contributed by atoms with Gasteiger partial charge in [0.1, 0.15) is 5.78 Å². The molecule has 1 aliphatic rings. The molecule has 0 bridgehead atoms. The molecule has 0 aromatic carbocycles. The van der Waals surface area contributed by atoms with Crippen LogP contribution in [0, 0.1) is 5.92 Å². The Bertz CT molecular complexity index is 184. The zero-order chi connectivity index (χ0) is 10.6. The maximum absolute atomic E-state index is 11.4. The Labute approximate surface area is 87.1 Å². The quantitative estimate of drug-likeness (QED) is 0.669. The molecule has 0 radical (unpaired) electrons. The number of nitrogens with zero attached hydrogens (tertiary/aromatic N) is 2. The van der Waals surface area contributed by atoms with Crippen molar-refractivity contribution in [2.45, 2.75) is 20.3 Å². The highest BCUT2D eigenvalue weighted by Crippen LogP contribution is 2.03. The predicted molar refractivity (Wildman–Crippen MR) is 58.4 cm³/mol. The molecule has 82 valence electrons. The number of likely N-dealkylation sites (N-methyl/N-ethyl adjacent to an activating group) is 1. The molecule has 0 amide bonds. The van der Waals surface area contributed by atoms with E-state index in [2.05, 4.69) is 16.8 Å². The van der Waals surface area contributed by atoms with Crippen LogP contribution in [0.2, 0.25) is 0 Å². The molecule has 1 rings (SSSR count). The molecular weight excluding hydrogens is 176 g/mol. The molecule has 1 fully saturated rings. The number of hydrogen-bond acceptors (Lipinski definition) is 3. The van der Waals surface area contributed by atoms with Crippen LogP contribution in [0.5, 0.6) is 0 Å². The first-order valence-electron chi connectivity index (χ1n) is 5.53. The van der Waals surface area contributed by atoms with E-state index in [-0.39, 0.29) is 5.92 Å². The Morgan fingerprint density at radius 1 is 1.21 bits per heavy atom. The molecule has 0 aliphatic carbocycles. The lowest BCUT2D eigenvalue weighted by Gasteiger charge is -2.32. The number of carbonyl (C=O) groups is 1. The van der Waals surface area contributed by atoms with Crippen LogP contribution < -0.4 is 0 Å². The highest BCUT2D eigenvalue weighted by molar-refractivity contribution is 5.80. The number of ketones is 1. The third-order valence-corrected chi connectivity index (χ3v) is 2.91. The van der Waals surface area contributed by atoms with E-state index in [4.69, 9.17) is 0 Å². The van der Waals surface area contributed by atoms with Crippen LogP contribution in [0.15, 0.2) is 0 Å². The highest BCUT2D eigenvalue weighted by atomic mass is 16.1. The van der Waals surface area contributed by atoms with Crippen molar-refractivity contribution >= 4 is 5.78 Å². The van der Waals surface area contributed by atoms with Crippen molar-refractivity contribution in [1.82, 2.24) is 9.80 Å². The Morgan fingerprint density at radius 3 is 2.29 bits per heavy atom. The average molecular weight is 198 g/mol. The summed E-state index contributed by atoms with van der Waals surface area (Å²) in [6, 6.07) is 0. The third kappa shape index (κ3) is 3.76. The third-order valence-electron chi connectivity index (χ3n) is 2.91. The maximum Gasteiger partial charge on any atom is 0.136 e. The van der Waals surface area contributed by atoms with Crippen molar-refractivity contribution in [3.63, 3.8) is 0 Å². The first-order chi connectivity index (χ1) is 6.59. The number of piperazine rings is 1. The van der Waals surface area contributed by atoms with Crippen molar-refractivity contribution in [3.05, 3.63) is 0 Å². The zero-order valence-corrected chi connectivity index (χ0v) is 9.62. The van der Waals surface area contributed by atoms with E-state index >= 15 is 0 Å². The summed E-state index contributed by atoms with van der Waals surface area (Å²) in [5.41, 5.74) is 0. The molecule has 14 heavy (non-hydrogen) atoms. The van der Waals surface area contributed by atoms with Crippen molar-refractivity contribution in [1.29, 1.82) is 0 Å². The molecule has 1 aliphatic heterocycles. The van der Waals surface area contributed by atoms with Crippen LogP contribution in [-0.2, 0) is 4.79 Å². The van der Waals surface area contributed by atoms with Crippen molar-refractivity contribution < 1.29 is 4.79 Å². The van der Waals surface area contributed by atoms with Gasteiger partial charge in [0.2, 0.25) is 0 Å². The number of rotatable bonds is 4. The monoisotopic (exact) mass is 198 g/mol. The van der Waals surface area contributed by atoms with Gasteiger partial charge in [0.05, 0.1) is 0 Å². The summed E-state index contributed by atoms with van der Waals surface area (Å²) in [6.07, 6.45) is 0.724. The Balaban J connectivity index is 2.16. The van der Waals surface area contributed by atoms with Gasteiger partial charge in [0.15, 0.2) is 0 Å². The molecule has 0 aromatic heterocycles. The Hall–Kier alpha value is -0.410. The predicted octanol–water partition coefficient (Wildman–Crippen LogP) is 0.849. The summed E-state index contributed by atoms with van der Waals surface area (Å²) in [7, 11) is 2.15. The molecule has 1 heterocycles. The number of Topliss-reactive ketones (excluding diaryl/α,β-unsaturated/α-hetero) is 1. The standard InChI is InChI=1S/C11H22N2O/c1-10(2)11(14)4-5-13-8-6-12(3)7-9-13/h10H,4-9H2,1-3H3.